The summed E-state index contributed by atoms with van der Waals surface area (Å²) in [4.78, 5) is 10.3. The van der Waals surface area contributed by atoms with Gasteiger partial charge in [-0.1, -0.05) is 164 Å². The summed E-state index contributed by atoms with van der Waals surface area (Å²) in [5.41, 5.74) is 10.2. The quantitative estimate of drug-likeness (QED) is 0.173. The second kappa shape index (κ2) is 13.6. The van der Waals surface area contributed by atoms with Gasteiger partial charge in [-0.05, 0) is 81.0 Å². The van der Waals surface area contributed by atoms with Gasteiger partial charge in [0.2, 0.25) is 0 Å². The molecule has 0 saturated heterocycles. The zero-order chi connectivity index (χ0) is 40.7. The lowest BCUT2D eigenvalue weighted by Crippen LogP contribution is -2.33. The standard InChI is InChI=1S/C57H37N5/c1-4-17-36(18-5-1)55-58-56(37-19-6-2-7-20-37)60-57(59-55)38-31-32-41-45-27-16-30-51(54(45)44-26-11-10-23-40(44)46(41)33-38)62-50-29-15-13-25-43(50)48-34-47-42-24-12-14-28-49(42)61(52(47)35-53(48)62)39-21-8-3-9-22-39/h1-35,55H,(H,58,59,60). The number of nitrogens with zero attached hydrogens (tertiary/aromatic N) is 4. The third kappa shape index (κ3) is 5.22. The van der Waals surface area contributed by atoms with E-state index >= 15 is 0 Å². The molecule has 10 aromatic carbocycles. The molecule has 0 saturated carbocycles. The molecule has 5 nitrogen and oxygen atoms in total. The molecule has 0 spiro atoms. The first kappa shape index (κ1) is 34.6. The maximum Gasteiger partial charge on any atom is 0.159 e. The number of para-hydroxylation sites is 3. The lowest BCUT2D eigenvalue weighted by atomic mass is 9.92. The van der Waals surface area contributed by atoms with Crippen molar-refractivity contribution >= 4 is 87.6 Å². The van der Waals surface area contributed by atoms with Crippen molar-refractivity contribution in [3.05, 3.63) is 229 Å². The maximum absolute atomic E-state index is 5.16. The number of benzene rings is 10. The summed E-state index contributed by atoms with van der Waals surface area (Å²) in [5.74, 6) is 1.52. The highest BCUT2D eigenvalue weighted by atomic mass is 15.2. The average molecular weight is 792 g/mol. The molecular formula is C57H37N5. The van der Waals surface area contributed by atoms with E-state index in [9.17, 15) is 0 Å². The molecule has 13 rings (SSSR count). The highest BCUT2D eigenvalue weighted by Gasteiger charge is 2.24. The van der Waals surface area contributed by atoms with E-state index in [-0.39, 0.29) is 6.17 Å². The molecule has 0 radical (unpaired) electrons. The Balaban J connectivity index is 1.05. The van der Waals surface area contributed by atoms with Gasteiger partial charge in [-0.25, -0.2) is 9.98 Å². The minimum absolute atomic E-state index is 0.271. The molecule has 62 heavy (non-hydrogen) atoms. The molecule has 0 amide bonds. The van der Waals surface area contributed by atoms with Crippen molar-refractivity contribution in [2.45, 2.75) is 6.17 Å². The fraction of sp³-hybridized carbons (Fsp3) is 0.0175. The Labute approximate surface area is 357 Å². The van der Waals surface area contributed by atoms with Gasteiger partial charge in [-0.15, -0.1) is 0 Å². The van der Waals surface area contributed by atoms with Crippen molar-refractivity contribution in [1.29, 1.82) is 0 Å². The van der Waals surface area contributed by atoms with Crippen LogP contribution in [-0.4, -0.2) is 20.8 Å². The molecular weight excluding hydrogens is 755 g/mol. The highest BCUT2D eigenvalue weighted by molar-refractivity contribution is 6.29. The molecule has 0 bridgehead atoms. The molecule has 1 aliphatic rings. The summed E-state index contributed by atoms with van der Waals surface area (Å²) in [6.45, 7) is 0. The average Bonchev–Trinajstić information content (AvgIpc) is 3.85. The van der Waals surface area contributed by atoms with E-state index in [0.29, 0.717) is 5.84 Å². The van der Waals surface area contributed by atoms with Crippen molar-refractivity contribution in [2.24, 2.45) is 9.98 Å². The zero-order valence-corrected chi connectivity index (χ0v) is 33.6. The second-order valence-electron chi connectivity index (χ2n) is 16.2. The largest absolute Gasteiger partial charge is 0.344 e. The van der Waals surface area contributed by atoms with Crippen LogP contribution in [0.25, 0.3) is 87.3 Å². The predicted molar refractivity (Wildman–Crippen MR) is 259 cm³/mol. The molecule has 0 fully saturated rings. The smallest absolute Gasteiger partial charge is 0.159 e. The van der Waals surface area contributed by atoms with E-state index in [4.69, 9.17) is 9.98 Å². The number of nitrogens with one attached hydrogen (secondary N) is 1. The fourth-order valence-electron chi connectivity index (χ4n) is 9.98. The van der Waals surface area contributed by atoms with Crippen LogP contribution in [0, 0.1) is 0 Å². The zero-order valence-electron chi connectivity index (χ0n) is 33.6. The molecule has 1 N–H and O–H groups in total. The molecule has 1 unspecified atom stereocenters. The van der Waals surface area contributed by atoms with Crippen LogP contribution in [0.5, 0.6) is 0 Å². The van der Waals surface area contributed by atoms with Gasteiger partial charge in [-0.3, -0.25) is 0 Å². The van der Waals surface area contributed by atoms with E-state index in [1.165, 1.54) is 75.9 Å². The Hall–Kier alpha value is -8.28. The van der Waals surface area contributed by atoms with E-state index in [1.54, 1.807) is 0 Å². The molecule has 1 atom stereocenters. The molecule has 12 aromatic rings. The topological polar surface area (TPSA) is 46.6 Å². The molecule has 290 valence electrons. The molecule has 5 heteroatoms. The summed E-state index contributed by atoms with van der Waals surface area (Å²) < 4.78 is 4.92. The van der Waals surface area contributed by atoms with Crippen molar-refractivity contribution in [1.82, 2.24) is 14.5 Å². The monoisotopic (exact) mass is 791 g/mol. The van der Waals surface area contributed by atoms with E-state index in [1.807, 2.05) is 24.3 Å². The Bertz CT molecular complexity index is 3790. The summed E-state index contributed by atoms with van der Waals surface area (Å²) in [5, 5.41) is 15.9. The normalized spacial score (nSPS) is 14.3. The Kier molecular flexibility index (Phi) is 7.60. The molecule has 3 heterocycles. The number of hydrogen-bond acceptors (Lipinski definition) is 3. The first-order chi connectivity index (χ1) is 30.8. The third-order valence-electron chi connectivity index (χ3n) is 12.7. The van der Waals surface area contributed by atoms with Gasteiger partial charge < -0.3 is 14.5 Å². The summed E-state index contributed by atoms with van der Waals surface area (Å²) in [6, 6.07) is 76.4. The van der Waals surface area contributed by atoms with E-state index in [0.717, 1.165) is 33.9 Å². The van der Waals surface area contributed by atoms with Crippen molar-refractivity contribution in [2.75, 3.05) is 0 Å². The minimum atomic E-state index is -0.271. The first-order valence-electron chi connectivity index (χ1n) is 21.2. The molecule has 0 aliphatic carbocycles. The SMILES string of the molecule is c1ccc(C2=NC(c3ccccc3)NC(c3ccc4c(c3)c3ccccc3c3c(-n5c6ccccc6c6cc7c8ccccc8n(-c8ccccc8)c7cc65)cccc43)=N2)cc1. The van der Waals surface area contributed by atoms with Gasteiger partial charge in [0.25, 0.3) is 0 Å². The summed E-state index contributed by atoms with van der Waals surface area (Å²) in [6.07, 6.45) is -0.271. The molecule has 2 aromatic heterocycles. The van der Waals surface area contributed by atoms with Gasteiger partial charge in [0.1, 0.15) is 12.0 Å². The maximum atomic E-state index is 5.16. The van der Waals surface area contributed by atoms with Crippen LogP contribution in [0.2, 0.25) is 0 Å². The van der Waals surface area contributed by atoms with Crippen LogP contribution in [0.1, 0.15) is 22.9 Å². The van der Waals surface area contributed by atoms with Crippen molar-refractivity contribution < 1.29 is 0 Å². The van der Waals surface area contributed by atoms with Crippen LogP contribution in [0.4, 0.5) is 0 Å². The first-order valence-corrected chi connectivity index (χ1v) is 21.2. The van der Waals surface area contributed by atoms with Crippen LogP contribution in [-0.2, 0) is 0 Å². The Morgan fingerprint density at radius 1 is 0.371 bits per heavy atom. The van der Waals surface area contributed by atoms with Crippen molar-refractivity contribution in [3.63, 3.8) is 0 Å². The van der Waals surface area contributed by atoms with Gasteiger partial charge in [0.15, 0.2) is 5.84 Å². The summed E-state index contributed by atoms with van der Waals surface area (Å²) in [7, 11) is 0. The van der Waals surface area contributed by atoms with Gasteiger partial charge in [-0.2, -0.15) is 0 Å². The van der Waals surface area contributed by atoms with E-state index in [2.05, 4.69) is 203 Å². The van der Waals surface area contributed by atoms with Crippen LogP contribution < -0.4 is 5.32 Å². The van der Waals surface area contributed by atoms with Crippen LogP contribution in [0.3, 0.4) is 0 Å². The van der Waals surface area contributed by atoms with Crippen LogP contribution in [0.15, 0.2) is 222 Å². The van der Waals surface area contributed by atoms with Crippen molar-refractivity contribution in [3.8, 4) is 11.4 Å². The lowest BCUT2D eigenvalue weighted by Gasteiger charge is -2.24. The minimum Gasteiger partial charge on any atom is -0.344 e. The Morgan fingerprint density at radius 2 is 0.935 bits per heavy atom. The van der Waals surface area contributed by atoms with Gasteiger partial charge in [0, 0.05) is 43.7 Å². The fourth-order valence-corrected chi connectivity index (χ4v) is 9.98. The number of fused-ring (bicyclic) bond motifs is 12. The summed E-state index contributed by atoms with van der Waals surface area (Å²) >= 11 is 0. The lowest BCUT2D eigenvalue weighted by molar-refractivity contribution is 0.674. The Morgan fingerprint density at radius 3 is 1.66 bits per heavy atom. The van der Waals surface area contributed by atoms with Gasteiger partial charge >= 0.3 is 0 Å². The van der Waals surface area contributed by atoms with E-state index < -0.39 is 0 Å². The number of aromatic nitrogens is 2. The van der Waals surface area contributed by atoms with Crippen LogP contribution >= 0.6 is 0 Å². The highest BCUT2D eigenvalue weighted by Crippen LogP contribution is 2.43. The third-order valence-corrected chi connectivity index (χ3v) is 12.7. The second-order valence-corrected chi connectivity index (χ2v) is 16.2. The van der Waals surface area contributed by atoms with Gasteiger partial charge in [0.05, 0.1) is 27.8 Å². The molecule has 1 aliphatic heterocycles. The number of aliphatic imine (C=N–C) groups is 2. The number of amidine groups is 2. The number of hydrogen-bond donors (Lipinski definition) is 1. The predicted octanol–water partition coefficient (Wildman–Crippen LogP) is 13.8. The number of rotatable bonds is 5.